The van der Waals surface area contributed by atoms with Gasteiger partial charge in [0.2, 0.25) is 0 Å². The molecule has 15 heavy (non-hydrogen) atoms. The van der Waals surface area contributed by atoms with Gasteiger partial charge in [-0.05, 0) is 23.7 Å². The van der Waals surface area contributed by atoms with E-state index in [1.807, 2.05) is 0 Å². The molecule has 0 aliphatic rings. The zero-order valence-electron chi connectivity index (χ0n) is 8.78. The van der Waals surface area contributed by atoms with Crippen LogP contribution in [0.2, 0.25) is 0 Å². The van der Waals surface area contributed by atoms with Gasteiger partial charge in [0.25, 0.3) is 0 Å². The minimum Gasteiger partial charge on any atom is -0.497 e. The van der Waals surface area contributed by atoms with Gasteiger partial charge in [0.05, 0.1) is 19.9 Å². The minimum absolute atomic E-state index is 0.533. The van der Waals surface area contributed by atoms with Crippen molar-refractivity contribution in [2.24, 2.45) is 0 Å². The van der Waals surface area contributed by atoms with Crippen LogP contribution in [0.15, 0.2) is 18.2 Å². The predicted octanol–water partition coefficient (Wildman–Crippen LogP) is 2.50. The van der Waals surface area contributed by atoms with Crippen molar-refractivity contribution in [3.8, 4) is 11.5 Å². The molecule has 0 aliphatic carbocycles. The Balaban J connectivity index is 3.12. The van der Waals surface area contributed by atoms with Crippen molar-refractivity contribution in [3.63, 3.8) is 0 Å². The summed E-state index contributed by atoms with van der Waals surface area (Å²) in [6.07, 6.45) is 0. The number of carbonyl (C=O) groups is 1. The first-order valence-corrected chi connectivity index (χ1v) is 4.63. The molecule has 1 amide bonds. The largest absolute Gasteiger partial charge is 0.497 e. The lowest BCUT2D eigenvalue weighted by molar-refractivity contribution is 0.265. The fourth-order valence-electron chi connectivity index (χ4n) is 1.16. The van der Waals surface area contributed by atoms with Crippen LogP contribution in [-0.2, 0) is 0 Å². The van der Waals surface area contributed by atoms with E-state index < -0.39 is 5.37 Å². The van der Waals surface area contributed by atoms with Gasteiger partial charge in [-0.15, -0.1) is 0 Å². The van der Waals surface area contributed by atoms with Gasteiger partial charge >= 0.3 is 5.37 Å². The number of hydrogen-bond acceptors (Lipinski definition) is 3. The highest BCUT2D eigenvalue weighted by Gasteiger charge is 2.13. The SMILES string of the molecule is COc1ccc(N(C)C(=O)Cl)c(OC)c1. The highest BCUT2D eigenvalue weighted by atomic mass is 35.5. The number of hydrogen-bond donors (Lipinski definition) is 0. The van der Waals surface area contributed by atoms with Gasteiger partial charge in [-0.25, -0.2) is 0 Å². The highest BCUT2D eigenvalue weighted by Crippen LogP contribution is 2.31. The van der Waals surface area contributed by atoms with Crippen molar-refractivity contribution in [2.75, 3.05) is 26.2 Å². The summed E-state index contributed by atoms with van der Waals surface area (Å²) < 4.78 is 10.2. The second-order valence-electron chi connectivity index (χ2n) is 2.85. The molecule has 0 saturated carbocycles. The van der Waals surface area contributed by atoms with Crippen LogP contribution in [0.25, 0.3) is 0 Å². The maximum atomic E-state index is 11.0. The molecular weight excluding hydrogens is 218 g/mol. The fraction of sp³-hybridized carbons (Fsp3) is 0.300. The molecule has 0 radical (unpaired) electrons. The second kappa shape index (κ2) is 4.89. The van der Waals surface area contributed by atoms with Crippen molar-refractivity contribution in [1.82, 2.24) is 0 Å². The molecule has 0 bridgehead atoms. The fourth-order valence-corrected chi connectivity index (χ4v) is 1.25. The Kier molecular flexibility index (Phi) is 3.80. The van der Waals surface area contributed by atoms with Crippen LogP contribution in [0.3, 0.4) is 0 Å². The Hall–Kier alpha value is -1.42. The van der Waals surface area contributed by atoms with Gasteiger partial charge in [-0.2, -0.15) is 0 Å². The van der Waals surface area contributed by atoms with E-state index in [1.165, 1.54) is 12.0 Å². The molecule has 5 heteroatoms. The van der Waals surface area contributed by atoms with E-state index in [9.17, 15) is 4.79 Å². The number of methoxy groups -OCH3 is 2. The van der Waals surface area contributed by atoms with Crippen molar-refractivity contribution < 1.29 is 14.3 Å². The summed E-state index contributed by atoms with van der Waals surface area (Å²) in [6, 6.07) is 5.12. The van der Waals surface area contributed by atoms with Gasteiger partial charge in [0, 0.05) is 13.1 Å². The van der Waals surface area contributed by atoms with Crippen molar-refractivity contribution >= 4 is 22.7 Å². The van der Waals surface area contributed by atoms with Crippen LogP contribution in [0, 0.1) is 0 Å². The number of amides is 1. The Morgan fingerprint density at radius 2 is 2.00 bits per heavy atom. The topological polar surface area (TPSA) is 38.8 Å². The minimum atomic E-state index is -0.571. The predicted molar refractivity (Wildman–Crippen MR) is 59.2 cm³/mol. The molecular formula is C10H12ClNO3. The molecule has 0 aromatic heterocycles. The lowest BCUT2D eigenvalue weighted by Gasteiger charge is -2.17. The van der Waals surface area contributed by atoms with Gasteiger partial charge in [-0.3, -0.25) is 9.69 Å². The molecule has 0 saturated heterocycles. The zero-order chi connectivity index (χ0) is 11.4. The van der Waals surface area contributed by atoms with E-state index in [0.717, 1.165) is 0 Å². The third kappa shape index (κ3) is 2.53. The van der Waals surface area contributed by atoms with Crippen LogP contribution in [0.5, 0.6) is 11.5 Å². The summed E-state index contributed by atoms with van der Waals surface area (Å²) in [7, 11) is 4.65. The van der Waals surface area contributed by atoms with E-state index in [4.69, 9.17) is 21.1 Å². The molecule has 0 N–H and O–H groups in total. The van der Waals surface area contributed by atoms with Crippen LogP contribution in [-0.4, -0.2) is 26.6 Å². The average molecular weight is 230 g/mol. The highest BCUT2D eigenvalue weighted by molar-refractivity contribution is 6.66. The van der Waals surface area contributed by atoms with E-state index in [0.29, 0.717) is 17.2 Å². The Bertz CT molecular complexity index is 368. The summed E-state index contributed by atoms with van der Waals surface area (Å²) in [6.45, 7) is 0. The van der Waals surface area contributed by atoms with Crippen LogP contribution < -0.4 is 14.4 Å². The van der Waals surface area contributed by atoms with Crippen molar-refractivity contribution in [1.29, 1.82) is 0 Å². The molecule has 1 aromatic carbocycles. The molecule has 0 spiro atoms. The summed E-state index contributed by atoms with van der Waals surface area (Å²) in [5.41, 5.74) is 0.596. The standard InChI is InChI=1S/C10H12ClNO3/c1-12(10(11)13)8-5-4-7(14-2)6-9(8)15-3/h4-6H,1-3H3. The number of anilines is 1. The number of nitrogens with zero attached hydrogens (tertiary/aromatic N) is 1. The zero-order valence-corrected chi connectivity index (χ0v) is 9.54. The maximum absolute atomic E-state index is 11.0. The van der Waals surface area contributed by atoms with Crippen LogP contribution in [0.1, 0.15) is 0 Å². The van der Waals surface area contributed by atoms with Gasteiger partial charge in [0.1, 0.15) is 11.5 Å². The van der Waals surface area contributed by atoms with E-state index in [1.54, 1.807) is 32.4 Å². The van der Waals surface area contributed by atoms with Crippen LogP contribution in [0.4, 0.5) is 10.5 Å². The number of halogens is 1. The number of rotatable bonds is 3. The van der Waals surface area contributed by atoms with Crippen molar-refractivity contribution in [2.45, 2.75) is 0 Å². The van der Waals surface area contributed by atoms with Gasteiger partial charge in [0.15, 0.2) is 0 Å². The Morgan fingerprint density at radius 3 is 2.47 bits per heavy atom. The van der Waals surface area contributed by atoms with Gasteiger partial charge in [-0.1, -0.05) is 0 Å². The molecule has 0 atom stereocenters. The number of ether oxygens (including phenoxy) is 2. The van der Waals surface area contributed by atoms with E-state index in [-0.39, 0.29) is 0 Å². The molecule has 0 fully saturated rings. The molecule has 82 valence electrons. The molecule has 0 aliphatic heterocycles. The molecule has 4 nitrogen and oxygen atoms in total. The first-order chi connectivity index (χ1) is 7.10. The van der Waals surface area contributed by atoms with Crippen LogP contribution >= 0.6 is 11.6 Å². The van der Waals surface area contributed by atoms with E-state index in [2.05, 4.69) is 0 Å². The van der Waals surface area contributed by atoms with E-state index >= 15 is 0 Å². The monoisotopic (exact) mass is 229 g/mol. The summed E-state index contributed by atoms with van der Waals surface area (Å²) >= 11 is 5.37. The molecule has 0 unspecified atom stereocenters. The Morgan fingerprint density at radius 1 is 1.33 bits per heavy atom. The first-order valence-electron chi connectivity index (χ1n) is 4.25. The second-order valence-corrected chi connectivity index (χ2v) is 3.17. The summed E-state index contributed by atoms with van der Waals surface area (Å²) in [5.74, 6) is 1.19. The molecule has 0 heterocycles. The smallest absolute Gasteiger partial charge is 0.320 e. The summed E-state index contributed by atoms with van der Waals surface area (Å²) in [4.78, 5) is 12.3. The molecule has 1 aromatic rings. The third-order valence-corrected chi connectivity index (χ3v) is 2.27. The quantitative estimate of drug-likeness (QED) is 0.591. The lowest BCUT2D eigenvalue weighted by Crippen LogP contribution is -2.20. The normalized spacial score (nSPS) is 9.60. The Labute approximate surface area is 93.3 Å². The van der Waals surface area contributed by atoms with Crippen molar-refractivity contribution in [3.05, 3.63) is 18.2 Å². The van der Waals surface area contributed by atoms with Gasteiger partial charge < -0.3 is 9.47 Å². The summed E-state index contributed by atoms with van der Waals surface area (Å²) in [5, 5.41) is -0.571. The number of benzene rings is 1. The molecule has 1 rings (SSSR count). The lowest BCUT2D eigenvalue weighted by atomic mass is 10.2. The maximum Gasteiger partial charge on any atom is 0.320 e. The number of carbonyl (C=O) groups excluding carboxylic acids is 1. The third-order valence-electron chi connectivity index (χ3n) is 2.01. The average Bonchev–Trinajstić information content (AvgIpc) is 2.27. The first kappa shape index (κ1) is 11.7.